The number of hydrogen-bond acceptors (Lipinski definition) is 7. The van der Waals surface area contributed by atoms with E-state index >= 15 is 0 Å². The van der Waals surface area contributed by atoms with Gasteiger partial charge < -0.3 is 15.7 Å². The van der Waals surface area contributed by atoms with E-state index in [-0.39, 0.29) is 23.9 Å². The number of aliphatic hydroxyl groups is 1. The van der Waals surface area contributed by atoms with E-state index in [1.807, 2.05) is 6.92 Å². The van der Waals surface area contributed by atoms with Gasteiger partial charge in [-0.05, 0) is 6.42 Å². The topological polar surface area (TPSA) is 113 Å². The molecule has 17 heavy (non-hydrogen) atoms. The predicted molar refractivity (Wildman–Crippen MR) is 63.0 cm³/mol. The van der Waals surface area contributed by atoms with Crippen LogP contribution in [0.25, 0.3) is 0 Å². The fourth-order valence-electron chi connectivity index (χ4n) is 1.22. The highest BCUT2D eigenvalue weighted by Crippen LogP contribution is 2.28. The summed E-state index contributed by atoms with van der Waals surface area (Å²) in [6, 6.07) is 0. The van der Waals surface area contributed by atoms with Crippen molar-refractivity contribution in [1.29, 1.82) is 0 Å². The lowest BCUT2D eigenvalue weighted by atomic mass is 10.3. The first-order valence-corrected chi connectivity index (χ1v) is 5.19. The molecule has 0 saturated heterocycles. The summed E-state index contributed by atoms with van der Waals surface area (Å²) in [6.07, 6.45) is 1.21. The normalized spacial score (nSPS) is 11.9. The number of nitrogens with zero attached hydrogens (tertiary/aromatic N) is 3. The standard InChI is InChI=1S/C9H15N5O3/c1-3-6(15)4-11-9-7(14(16)17)8(10-2)12-5-13-9/h5-6,15H,3-4H2,1-2H3,(H2,10,11,12,13). The van der Waals surface area contributed by atoms with Crippen molar-refractivity contribution >= 4 is 17.3 Å². The minimum Gasteiger partial charge on any atom is -0.391 e. The molecule has 1 aromatic heterocycles. The molecule has 3 N–H and O–H groups in total. The maximum atomic E-state index is 10.9. The molecule has 0 spiro atoms. The maximum Gasteiger partial charge on any atom is 0.353 e. The van der Waals surface area contributed by atoms with Gasteiger partial charge in [-0.25, -0.2) is 9.97 Å². The van der Waals surface area contributed by atoms with E-state index in [9.17, 15) is 15.2 Å². The summed E-state index contributed by atoms with van der Waals surface area (Å²) in [6.45, 7) is 2.03. The lowest BCUT2D eigenvalue weighted by molar-refractivity contribution is -0.383. The van der Waals surface area contributed by atoms with Gasteiger partial charge in [-0.1, -0.05) is 6.92 Å². The predicted octanol–water partition coefficient (Wildman–Crippen LogP) is 0.609. The first kappa shape index (κ1) is 13.1. The molecule has 1 aromatic rings. The van der Waals surface area contributed by atoms with Gasteiger partial charge in [0.15, 0.2) is 0 Å². The van der Waals surface area contributed by atoms with E-state index in [0.29, 0.717) is 6.42 Å². The average Bonchev–Trinajstić information content (AvgIpc) is 2.34. The Morgan fingerprint density at radius 2 is 2.18 bits per heavy atom. The van der Waals surface area contributed by atoms with E-state index in [0.717, 1.165) is 0 Å². The molecule has 0 fully saturated rings. The molecule has 0 aliphatic heterocycles. The molecular formula is C9H15N5O3. The van der Waals surface area contributed by atoms with Crippen molar-refractivity contribution in [3.05, 3.63) is 16.4 Å². The first-order chi connectivity index (χ1) is 8.10. The summed E-state index contributed by atoms with van der Waals surface area (Å²) in [4.78, 5) is 17.9. The van der Waals surface area contributed by atoms with Crippen LogP contribution in [0.4, 0.5) is 17.3 Å². The van der Waals surface area contributed by atoms with Crippen molar-refractivity contribution in [3.63, 3.8) is 0 Å². The Morgan fingerprint density at radius 1 is 1.53 bits per heavy atom. The minimum absolute atomic E-state index is 0.0989. The van der Waals surface area contributed by atoms with Gasteiger partial charge in [-0.3, -0.25) is 10.1 Å². The molecule has 8 nitrogen and oxygen atoms in total. The van der Waals surface area contributed by atoms with Gasteiger partial charge in [0.05, 0.1) is 11.0 Å². The molecule has 1 atom stereocenters. The summed E-state index contributed by atoms with van der Waals surface area (Å²) < 4.78 is 0. The van der Waals surface area contributed by atoms with Crippen molar-refractivity contribution in [1.82, 2.24) is 9.97 Å². The zero-order chi connectivity index (χ0) is 12.8. The van der Waals surface area contributed by atoms with Gasteiger partial charge in [-0.15, -0.1) is 0 Å². The van der Waals surface area contributed by atoms with Crippen LogP contribution < -0.4 is 10.6 Å². The summed E-state index contributed by atoms with van der Waals surface area (Å²) in [5.74, 6) is 0.236. The van der Waals surface area contributed by atoms with E-state index in [1.165, 1.54) is 6.33 Å². The maximum absolute atomic E-state index is 10.9. The van der Waals surface area contributed by atoms with E-state index in [2.05, 4.69) is 20.6 Å². The molecule has 0 saturated carbocycles. The molecule has 0 bridgehead atoms. The Bertz CT molecular complexity index is 398. The Hall–Kier alpha value is -1.96. The van der Waals surface area contributed by atoms with E-state index in [1.54, 1.807) is 7.05 Å². The van der Waals surface area contributed by atoms with Crippen LogP contribution in [0.2, 0.25) is 0 Å². The van der Waals surface area contributed by atoms with Crippen LogP contribution in [-0.4, -0.2) is 39.7 Å². The smallest absolute Gasteiger partial charge is 0.353 e. The van der Waals surface area contributed by atoms with Gasteiger partial charge in [0.2, 0.25) is 11.6 Å². The molecule has 0 aromatic carbocycles. The summed E-state index contributed by atoms with van der Waals surface area (Å²) in [5, 5.41) is 25.6. The average molecular weight is 241 g/mol. The Morgan fingerprint density at radius 3 is 2.71 bits per heavy atom. The number of nitrogens with one attached hydrogen (secondary N) is 2. The highest BCUT2D eigenvalue weighted by molar-refractivity contribution is 5.68. The largest absolute Gasteiger partial charge is 0.391 e. The van der Waals surface area contributed by atoms with Crippen molar-refractivity contribution in [2.75, 3.05) is 24.2 Å². The number of hydrogen-bond donors (Lipinski definition) is 3. The zero-order valence-corrected chi connectivity index (χ0v) is 9.67. The van der Waals surface area contributed by atoms with Gasteiger partial charge in [0.25, 0.3) is 0 Å². The van der Waals surface area contributed by atoms with Crippen LogP contribution in [0.1, 0.15) is 13.3 Å². The lowest BCUT2D eigenvalue weighted by Crippen LogP contribution is -2.19. The second-order valence-electron chi connectivity index (χ2n) is 3.37. The fourth-order valence-corrected chi connectivity index (χ4v) is 1.22. The molecule has 94 valence electrons. The molecule has 0 aliphatic rings. The molecule has 8 heteroatoms. The van der Waals surface area contributed by atoms with Crippen LogP contribution in [0.15, 0.2) is 6.33 Å². The van der Waals surface area contributed by atoms with Crippen molar-refractivity contribution in [2.24, 2.45) is 0 Å². The molecule has 1 heterocycles. The third-order valence-electron chi connectivity index (χ3n) is 2.22. The van der Waals surface area contributed by atoms with Crippen LogP contribution >= 0.6 is 0 Å². The SMILES string of the molecule is CCC(O)CNc1ncnc(NC)c1[N+](=O)[O-]. The third kappa shape index (κ3) is 3.25. The Labute approximate surface area is 98.2 Å². The number of aromatic nitrogens is 2. The fraction of sp³-hybridized carbons (Fsp3) is 0.556. The van der Waals surface area contributed by atoms with Crippen LogP contribution in [0.5, 0.6) is 0 Å². The zero-order valence-electron chi connectivity index (χ0n) is 9.67. The molecule has 1 unspecified atom stereocenters. The van der Waals surface area contributed by atoms with E-state index < -0.39 is 11.0 Å². The molecule has 0 radical (unpaired) electrons. The van der Waals surface area contributed by atoms with E-state index in [4.69, 9.17) is 0 Å². The number of anilines is 2. The second-order valence-corrected chi connectivity index (χ2v) is 3.37. The number of nitro groups is 1. The summed E-state index contributed by atoms with van der Waals surface area (Å²) in [5.41, 5.74) is -0.224. The van der Waals surface area contributed by atoms with Crippen LogP contribution in [-0.2, 0) is 0 Å². The second kappa shape index (κ2) is 5.94. The van der Waals surface area contributed by atoms with Gasteiger partial charge in [-0.2, -0.15) is 0 Å². The first-order valence-electron chi connectivity index (χ1n) is 5.19. The Balaban J connectivity index is 2.94. The van der Waals surface area contributed by atoms with Gasteiger partial charge >= 0.3 is 5.69 Å². The number of rotatable bonds is 6. The monoisotopic (exact) mass is 241 g/mol. The molecule has 0 aliphatic carbocycles. The highest BCUT2D eigenvalue weighted by atomic mass is 16.6. The van der Waals surface area contributed by atoms with Crippen LogP contribution in [0, 0.1) is 10.1 Å². The quantitative estimate of drug-likeness (QED) is 0.494. The molecular weight excluding hydrogens is 226 g/mol. The lowest BCUT2D eigenvalue weighted by Gasteiger charge is -2.10. The molecule has 1 rings (SSSR count). The van der Waals surface area contributed by atoms with Crippen molar-refractivity contribution in [2.45, 2.75) is 19.4 Å². The minimum atomic E-state index is -0.567. The van der Waals surface area contributed by atoms with Crippen molar-refractivity contribution < 1.29 is 10.0 Å². The van der Waals surface area contributed by atoms with Crippen molar-refractivity contribution in [3.8, 4) is 0 Å². The summed E-state index contributed by atoms with van der Waals surface area (Å²) >= 11 is 0. The third-order valence-corrected chi connectivity index (χ3v) is 2.22. The summed E-state index contributed by atoms with van der Waals surface area (Å²) in [7, 11) is 1.54. The number of aliphatic hydroxyl groups excluding tert-OH is 1. The van der Waals surface area contributed by atoms with Crippen LogP contribution in [0.3, 0.4) is 0 Å². The molecule has 0 amide bonds. The van der Waals surface area contributed by atoms with Gasteiger partial charge in [0.1, 0.15) is 6.33 Å². The Kier molecular flexibility index (Phi) is 4.58. The van der Waals surface area contributed by atoms with Gasteiger partial charge in [0, 0.05) is 13.6 Å². The highest BCUT2D eigenvalue weighted by Gasteiger charge is 2.22.